The molecular formula is C17H23N3O. The molecule has 1 aromatic carbocycles. The molecule has 4 rings (SSSR count). The van der Waals surface area contributed by atoms with Gasteiger partial charge in [-0.25, -0.2) is 4.99 Å². The molecule has 3 heterocycles. The highest BCUT2D eigenvalue weighted by atomic mass is 16.7. The van der Waals surface area contributed by atoms with Gasteiger partial charge < -0.3 is 4.84 Å². The molecule has 0 saturated carbocycles. The van der Waals surface area contributed by atoms with Crippen molar-refractivity contribution in [1.82, 2.24) is 10.4 Å². The average Bonchev–Trinajstić information content (AvgIpc) is 3.01. The number of fused-ring (bicyclic) bond motifs is 2. The Kier molecular flexibility index (Phi) is 3.23. The van der Waals surface area contributed by atoms with Gasteiger partial charge in [0.15, 0.2) is 0 Å². The molecule has 0 unspecified atom stereocenters. The highest BCUT2D eigenvalue weighted by Gasteiger charge is 2.49. The minimum absolute atomic E-state index is 0.0702. The largest absolute Gasteiger partial charge is 0.391 e. The number of hydrogen-bond donors (Lipinski definition) is 1. The van der Waals surface area contributed by atoms with Crippen molar-refractivity contribution in [1.29, 1.82) is 0 Å². The van der Waals surface area contributed by atoms with E-state index in [0.29, 0.717) is 23.9 Å². The zero-order valence-corrected chi connectivity index (χ0v) is 12.7. The van der Waals surface area contributed by atoms with Gasteiger partial charge in [-0.2, -0.15) is 0 Å². The van der Waals surface area contributed by atoms with Gasteiger partial charge in [-0.15, -0.1) is 5.48 Å². The molecule has 4 heteroatoms. The highest BCUT2D eigenvalue weighted by Crippen LogP contribution is 2.47. The number of benzene rings is 1. The summed E-state index contributed by atoms with van der Waals surface area (Å²) in [4.78, 5) is 13.0. The maximum Gasteiger partial charge on any atom is 0.216 e. The second kappa shape index (κ2) is 5.11. The quantitative estimate of drug-likeness (QED) is 0.907. The molecule has 4 nitrogen and oxygen atoms in total. The molecular weight excluding hydrogens is 262 g/mol. The molecule has 1 N–H and O–H groups in total. The third kappa shape index (κ3) is 2.17. The molecule has 2 bridgehead atoms. The fourth-order valence-electron chi connectivity index (χ4n) is 4.39. The highest BCUT2D eigenvalue weighted by molar-refractivity contribution is 5.82. The number of piperidine rings is 1. The van der Waals surface area contributed by atoms with Crippen molar-refractivity contribution >= 4 is 5.90 Å². The summed E-state index contributed by atoms with van der Waals surface area (Å²) >= 11 is 0. The van der Waals surface area contributed by atoms with Crippen molar-refractivity contribution in [2.75, 3.05) is 7.05 Å². The third-order valence-electron chi connectivity index (χ3n) is 5.44. The minimum Gasteiger partial charge on any atom is -0.391 e. The first kappa shape index (κ1) is 13.3. The summed E-state index contributed by atoms with van der Waals surface area (Å²) in [6.07, 6.45) is 3.84. The summed E-state index contributed by atoms with van der Waals surface area (Å²) in [6, 6.07) is 12.2. The Morgan fingerprint density at radius 1 is 1.24 bits per heavy atom. The van der Waals surface area contributed by atoms with Crippen LogP contribution in [0.3, 0.4) is 0 Å². The Balaban J connectivity index is 1.72. The van der Waals surface area contributed by atoms with Gasteiger partial charge in [0.05, 0.1) is 5.92 Å². The zero-order valence-electron chi connectivity index (χ0n) is 12.7. The fraction of sp³-hybridized carbons (Fsp3) is 0.588. The monoisotopic (exact) mass is 285 g/mol. The minimum atomic E-state index is 0.0702. The van der Waals surface area contributed by atoms with E-state index in [4.69, 9.17) is 9.83 Å². The number of hydroxylamine groups is 1. The first-order valence-corrected chi connectivity index (χ1v) is 8.01. The Labute approximate surface area is 126 Å². The first-order chi connectivity index (χ1) is 10.2. The van der Waals surface area contributed by atoms with Gasteiger partial charge in [0.1, 0.15) is 6.17 Å². The van der Waals surface area contributed by atoms with Gasteiger partial charge in [0.25, 0.3) is 0 Å². The van der Waals surface area contributed by atoms with Crippen molar-refractivity contribution in [3.05, 3.63) is 35.9 Å². The number of hydrogen-bond acceptors (Lipinski definition) is 4. The molecule has 2 saturated heterocycles. The van der Waals surface area contributed by atoms with Crippen LogP contribution in [0.25, 0.3) is 0 Å². The van der Waals surface area contributed by atoms with Crippen LogP contribution in [0.5, 0.6) is 0 Å². The van der Waals surface area contributed by atoms with Crippen molar-refractivity contribution in [3.63, 3.8) is 0 Å². The van der Waals surface area contributed by atoms with E-state index in [9.17, 15) is 0 Å². The van der Waals surface area contributed by atoms with Crippen LogP contribution >= 0.6 is 0 Å². The van der Waals surface area contributed by atoms with Crippen molar-refractivity contribution < 1.29 is 4.84 Å². The van der Waals surface area contributed by atoms with Crippen LogP contribution in [0.15, 0.2) is 35.3 Å². The SMILES string of the molecule is C[C@@H]1N=C([C@H]2[C@H]3CC[C@@H](C[C@H]2c2ccccc2)N3C)ON1. The van der Waals surface area contributed by atoms with Crippen molar-refractivity contribution in [2.24, 2.45) is 10.9 Å². The standard InChI is InChI=1S/C17H23N3O/c1-11-18-17(21-19-11)16-14(12-6-4-3-5-7-12)10-13-8-9-15(16)20(13)2/h3-7,11,13-16,19H,8-10H2,1-2H3/t11-,13+,14+,15-,16-/m1/s1. The van der Waals surface area contributed by atoms with Crippen LogP contribution in [0.1, 0.15) is 37.7 Å². The normalized spacial score (nSPS) is 39.1. The van der Waals surface area contributed by atoms with Crippen LogP contribution in [0, 0.1) is 5.92 Å². The Bertz CT molecular complexity index is 544. The molecule has 112 valence electrons. The van der Waals surface area contributed by atoms with Crippen molar-refractivity contribution in [2.45, 2.75) is 50.4 Å². The molecule has 5 atom stereocenters. The molecule has 2 fully saturated rings. The lowest BCUT2D eigenvalue weighted by Crippen LogP contribution is -2.49. The fourth-order valence-corrected chi connectivity index (χ4v) is 4.39. The van der Waals surface area contributed by atoms with E-state index in [2.05, 4.69) is 47.8 Å². The van der Waals surface area contributed by atoms with Gasteiger partial charge in [0, 0.05) is 12.1 Å². The molecule has 0 amide bonds. The number of aliphatic imine (C=N–C) groups is 1. The lowest BCUT2D eigenvalue weighted by atomic mass is 9.76. The Morgan fingerprint density at radius 3 is 2.76 bits per heavy atom. The van der Waals surface area contributed by atoms with Crippen LogP contribution in [0.2, 0.25) is 0 Å². The van der Waals surface area contributed by atoms with Crippen LogP contribution in [-0.2, 0) is 4.84 Å². The predicted octanol–water partition coefficient (Wildman–Crippen LogP) is 2.53. The second-order valence-corrected chi connectivity index (χ2v) is 6.61. The maximum atomic E-state index is 5.73. The van der Waals surface area contributed by atoms with E-state index in [-0.39, 0.29) is 6.17 Å². The topological polar surface area (TPSA) is 36.9 Å². The van der Waals surface area contributed by atoms with Crippen LogP contribution < -0.4 is 5.48 Å². The van der Waals surface area contributed by atoms with Gasteiger partial charge in [0.2, 0.25) is 5.90 Å². The average molecular weight is 285 g/mol. The van der Waals surface area contributed by atoms with Crippen molar-refractivity contribution in [3.8, 4) is 0 Å². The molecule has 0 aromatic heterocycles. The lowest BCUT2D eigenvalue weighted by molar-refractivity contribution is 0.103. The molecule has 0 radical (unpaired) electrons. The summed E-state index contributed by atoms with van der Waals surface area (Å²) in [6.45, 7) is 2.04. The molecule has 1 aromatic rings. The van der Waals surface area contributed by atoms with Crippen LogP contribution in [0.4, 0.5) is 0 Å². The number of nitrogens with one attached hydrogen (secondary N) is 1. The Morgan fingerprint density at radius 2 is 2.05 bits per heavy atom. The number of rotatable bonds is 2. The summed E-state index contributed by atoms with van der Waals surface area (Å²) < 4.78 is 0. The predicted molar refractivity (Wildman–Crippen MR) is 83.0 cm³/mol. The smallest absolute Gasteiger partial charge is 0.216 e. The van der Waals surface area contributed by atoms with Gasteiger partial charge >= 0.3 is 0 Å². The van der Waals surface area contributed by atoms with Crippen LogP contribution in [-0.4, -0.2) is 36.1 Å². The molecule has 0 aliphatic carbocycles. The van der Waals surface area contributed by atoms with Gasteiger partial charge in [-0.1, -0.05) is 30.3 Å². The maximum absolute atomic E-state index is 5.73. The Hall–Kier alpha value is -1.39. The molecule has 0 spiro atoms. The third-order valence-corrected chi connectivity index (χ3v) is 5.44. The van der Waals surface area contributed by atoms with Gasteiger partial charge in [-0.3, -0.25) is 4.90 Å². The molecule has 21 heavy (non-hydrogen) atoms. The second-order valence-electron chi connectivity index (χ2n) is 6.61. The molecule has 3 aliphatic rings. The van der Waals surface area contributed by atoms with E-state index in [0.717, 1.165) is 5.90 Å². The number of nitrogens with zero attached hydrogens (tertiary/aromatic N) is 2. The zero-order chi connectivity index (χ0) is 14.4. The summed E-state index contributed by atoms with van der Waals surface area (Å²) in [5, 5.41) is 0. The summed E-state index contributed by atoms with van der Waals surface area (Å²) in [5.74, 6) is 1.80. The molecule has 3 aliphatic heterocycles. The lowest BCUT2D eigenvalue weighted by Gasteiger charge is -2.42. The van der Waals surface area contributed by atoms with E-state index < -0.39 is 0 Å². The summed E-state index contributed by atoms with van der Waals surface area (Å²) in [7, 11) is 2.27. The first-order valence-electron chi connectivity index (χ1n) is 8.01. The van der Waals surface area contributed by atoms with E-state index in [1.165, 1.54) is 24.8 Å². The summed E-state index contributed by atoms with van der Waals surface area (Å²) in [5.41, 5.74) is 4.42. The van der Waals surface area contributed by atoms with Gasteiger partial charge in [-0.05, 0) is 44.7 Å². The van der Waals surface area contributed by atoms with E-state index in [1.54, 1.807) is 0 Å². The van der Waals surface area contributed by atoms with E-state index in [1.807, 2.05) is 6.92 Å². The van der Waals surface area contributed by atoms with E-state index >= 15 is 0 Å².